The Labute approximate surface area is 832 Å². The first-order chi connectivity index (χ1) is 63.9. The molecule has 0 saturated carbocycles. The zero-order valence-electron chi connectivity index (χ0n) is 93.7. The quantitative estimate of drug-likeness (QED) is 0.0228. The topological polar surface area (TPSA) is 210 Å². The molecule has 0 aliphatic rings. The minimum absolute atomic E-state index is 0.00694. The molecule has 0 saturated heterocycles. The number of carbonyl (C=O) groups excluding carboxylic acids is 8. The number of quaternary nitrogens is 8. The molecule has 4 rings (SSSR count). The van der Waals surface area contributed by atoms with Gasteiger partial charge in [-0.25, -0.2) is 19.2 Å². The van der Waals surface area contributed by atoms with E-state index < -0.39 is 0 Å². The van der Waals surface area contributed by atoms with Gasteiger partial charge >= 0.3 is 47.8 Å². The van der Waals surface area contributed by atoms with Gasteiger partial charge in [0.2, 0.25) is 0 Å². The lowest BCUT2D eigenvalue weighted by Gasteiger charge is -2.39. The summed E-state index contributed by atoms with van der Waals surface area (Å²) in [5.74, 6) is -1.63. The van der Waals surface area contributed by atoms with Crippen molar-refractivity contribution in [2.24, 2.45) is 0 Å². The molecular weight excluding hydrogens is 1710 g/mol. The van der Waals surface area contributed by atoms with Crippen LogP contribution in [0.3, 0.4) is 0 Å². The van der Waals surface area contributed by atoms with Crippen molar-refractivity contribution < 1.29 is 112 Å². The Morgan fingerprint density at radius 2 is 0.353 bits per heavy atom. The van der Waals surface area contributed by atoms with E-state index in [1.165, 1.54) is 105 Å². The van der Waals surface area contributed by atoms with E-state index in [2.05, 4.69) is 167 Å². The van der Waals surface area contributed by atoms with Gasteiger partial charge < -0.3 is 73.8 Å². The van der Waals surface area contributed by atoms with Crippen LogP contribution in [0.15, 0.2) is 121 Å². The zero-order chi connectivity index (χ0) is 105. The first kappa shape index (κ1) is 135. The second kappa shape index (κ2) is 75.2. The highest BCUT2D eigenvalue weighted by atomic mass is 16.6. The minimum Gasteiger partial charge on any atom is -0.457 e. The molecular formula is C112H208N8O16+8. The summed E-state index contributed by atoms with van der Waals surface area (Å²) < 4.78 is 50.7. The molecule has 4 aromatic carbocycles. The lowest BCUT2D eigenvalue weighted by atomic mass is 10.2. The molecule has 0 N–H and O–H groups in total. The fraction of sp³-hybridized carbons (Fsp3) is 0.714. The average molecular weight is 1920 g/mol. The van der Waals surface area contributed by atoms with Crippen molar-refractivity contribution in [1.82, 2.24) is 0 Å². The van der Waals surface area contributed by atoms with Gasteiger partial charge in [-0.3, -0.25) is 19.2 Å². The van der Waals surface area contributed by atoms with E-state index in [4.69, 9.17) is 37.9 Å². The molecule has 10 unspecified atom stereocenters. The molecule has 784 valence electrons. The number of unbranched alkanes of at least 4 members (excludes halogenated alkanes) is 2. The number of likely N-dealkylation sites (N-methyl/N-ethyl adjacent to an activating group) is 8. The van der Waals surface area contributed by atoms with Crippen molar-refractivity contribution in [3.8, 4) is 0 Å². The Morgan fingerprint density at radius 1 is 0.206 bits per heavy atom. The molecule has 24 heteroatoms. The van der Waals surface area contributed by atoms with Gasteiger partial charge in [0.15, 0.2) is 0 Å². The van der Waals surface area contributed by atoms with Gasteiger partial charge in [-0.15, -0.1) is 0 Å². The fourth-order valence-corrected chi connectivity index (χ4v) is 18.5. The minimum atomic E-state index is -0.249. The molecule has 136 heavy (non-hydrogen) atoms. The van der Waals surface area contributed by atoms with E-state index in [-0.39, 0.29) is 96.6 Å². The molecule has 0 bridgehead atoms. The van der Waals surface area contributed by atoms with Crippen LogP contribution in [0.1, 0.15) is 313 Å². The highest BCUT2D eigenvalue weighted by molar-refractivity contribution is 5.91. The first-order valence-electron chi connectivity index (χ1n) is 52.3. The summed E-state index contributed by atoms with van der Waals surface area (Å²) in [4.78, 5) is 91.1. The Kier molecular flexibility index (Phi) is 74.5. The summed E-state index contributed by atoms with van der Waals surface area (Å²) in [6.45, 7) is 89.0. The van der Waals surface area contributed by atoms with E-state index in [9.17, 15) is 38.4 Å². The summed E-state index contributed by atoms with van der Waals surface area (Å²) in [7, 11) is 12.4. The maximum atomic E-state index is 12.2. The number of esters is 8. The van der Waals surface area contributed by atoms with Crippen molar-refractivity contribution in [3.63, 3.8) is 0 Å². The molecule has 0 amide bonds. The molecule has 0 aliphatic heterocycles. The van der Waals surface area contributed by atoms with E-state index in [0.29, 0.717) is 22.3 Å². The molecule has 0 radical (unpaired) electrons. The third-order valence-electron chi connectivity index (χ3n) is 25.1. The number of hydrogen-bond donors (Lipinski definition) is 0. The van der Waals surface area contributed by atoms with Gasteiger partial charge in [0, 0.05) is 27.7 Å². The molecule has 4 aromatic rings. The Balaban J connectivity index is -0.000000737. The van der Waals surface area contributed by atoms with Gasteiger partial charge in [0.05, 0.1) is 182 Å². The molecule has 0 heterocycles. The maximum Gasteiger partial charge on any atom is 0.338 e. The smallest absolute Gasteiger partial charge is 0.338 e. The van der Waals surface area contributed by atoms with Crippen molar-refractivity contribution in [3.05, 3.63) is 144 Å². The number of rotatable bonds is 56. The van der Waals surface area contributed by atoms with E-state index in [1.807, 2.05) is 128 Å². The van der Waals surface area contributed by atoms with Crippen molar-refractivity contribution in [2.45, 2.75) is 321 Å². The summed E-state index contributed by atoms with van der Waals surface area (Å²) in [6.07, 6.45) is 11.8. The third-order valence-corrected chi connectivity index (χ3v) is 25.1. The summed E-state index contributed by atoms with van der Waals surface area (Å²) in [5, 5.41) is 0. The van der Waals surface area contributed by atoms with Gasteiger partial charge in [-0.1, -0.05) is 141 Å². The van der Waals surface area contributed by atoms with E-state index in [1.54, 1.807) is 48.5 Å². The molecule has 0 aromatic heterocycles. The number of hydrogen-bond acceptors (Lipinski definition) is 16. The molecule has 0 spiro atoms. The number of ether oxygens (including phenoxy) is 8. The van der Waals surface area contributed by atoms with Gasteiger partial charge in [0.25, 0.3) is 0 Å². The average Bonchev–Trinajstić information content (AvgIpc) is 0.699. The van der Waals surface area contributed by atoms with Crippen molar-refractivity contribution >= 4 is 47.8 Å². The van der Waals surface area contributed by atoms with Crippen LogP contribution >= 0.6 is 0 Å². The van der Waals surface area contributed by atoms with E-state index >= 15 is 0 Å². The van der Waals surface area contributed by atoms with Crippen LogP contribution in [0.4, 0.5) is 0 Å². The highest BCUT2D eigenvalue weighted by Crippen LogP contribution is 2.21. The fourth-order valence-electron chi connectivity index (χ4n) is 18.5. The van der Waals surface area contributed by atoms with Gasteiger partial charge in [0.1, 0.15) is 101 Å². The number of nitrogens with zero attached hydrogens (tertiary/aromatic N) is 8. The molecule has 0 aliphatic carbocycles. The Hall–Kier alpha value is -7.68. The summed E-state index contributed by atoms with van der Waals surface area (Å²) in [5.41, 5.74) is 2.49. The molecule has 10 atom stereocenters. The third kappa shape index (κ3) is 63.8. The number of carbonyl (C=O) groups is 8. The van der Waals surface area contributed by atoms with E-state index in [0.717, 1.165) is 193 Å². The summed E-state index contributed by atoms with van der Waals surface area (Å²) >= 11 is 0. The molecule has 0 fully saturated rings. The van der Waals surface area contributed by atoms with Gasteiger partial charge in [-0.2, -0.15) is 0 Å². The van der Waals surface area contributed by atoms with Crippen LogP contribution in [0.25, 0.3) is 0 Å². The predicted octanol–water partition coefficient (Wildman–Crippen LogP) is 21.3. The SMILES string of the molecule is CC(=O)OC(C)C[N+](C)(C)C.CC(C[N+](C)(C)C)OC(=O)c1ccccc1.CCCC[N+](CC)(CCC)CC(C)OC(=O)c1ccccc1.CCCC[N+](CC)(CCC)CC(C)OC(C)=O.CCC[N+](CC)(CCC)CC(C)OC(=O)c1ccccc1.CCC[N+](CC)(CCC)CC(C)OC(C)=O.CC[N+](CC)(CC)CC(C)OC(=O)c1ccccc1.CC[N+](CC)(CC)CC(C)OC(C)=O. The lowest BCUT2D eigenvalue weighted by molar-refractivity contribution is -0.929. The van der Waals surface area contributed by atoms with Crippen molar-refractivity contribution in [2.75, 3.05) is 212 Å². The largest absolute Gasteiger partial charge is 0.457 e. The van der Waals surface area contributed by atoms with Crippen LogP contribution in [-0.4, -0.2) is 345 Å². The predicted molar refractivity (Wildman–Crippen MR) is 563 cm³/mol. The van der Waals surface area contributed by atoms with Crippen LogP contribution in [0.5, 0.6) is 0 Å². The molecule has 24 nitrogen and oxygen atoms in total. The van der Waals surface area contributed by atoms with Crippen LogP contribution < -0.4 is 0 Å². The normalized spacial score (nSPS) is 14.0. The van der Waals surface area contributed by atoms with Crippen LogP contribution in [0.2, 0.25) is 0 Å². The Bertz CT molecular complexity index is 3680. The lowest BCUT2D eigenvalue weighted by Crippen LogP contribution is -2.53. The van der Waals surface area contributed by atoms with Crippen molar-refractivity contribution in [1.29, 1.82) is 0 Å². The monoisotopic (exact) mass is 1920 g/mol. The van der Waals surface area contributed by atoms with Crippen LogP contribution in [0, 0.1) is 0 Å². The zero-order valence-corrected chi connectivity index (χ0v) is 93.7. The summed E-state index contributed by atoms with van der Waals surface area (Å²) in [6, 6.07) is 36.7. The second-order valence-corrected chi connectivity index (χ2v) is 39.8. The Morgan fingerprint density at radius 3 is 0.500 bits per heavy atom. The maximum absolute atomic E-state index is 12.2. The number of benzene rings is 4. The van der Waals surface area contributed by atoms with Crippen LogP contribution in [-0.2, 0) is 57.1 Å². The highest BCUT2D eigenvalue weighted by Gasteiger charge is 2.34. The van der Waals surface area contributed by atoms with Gasteiger partial charge in [-0.05, 0) is 225 Å². The second-order valence-electron chi connectivity index (χ2n) is 39.8. The first-order valence-corrected chi connectivity index (χ1v) is 52.3. The standard InChI is InChI=1S/C19H32NO2.C18H30NO2.C16H26NO2.C14H30NO2.C13H20NO2.C13H28NO2.C11H24NO2.C8H18NO2/c1-5-8-15-20(7-3,14-6-2)16-17(4)22-19(21)18-12-10-9-11-13-18;1-5-13-19(7-3,14-6-2)15-16(4)21-18(20)17-11-9-8-10-12-17;1-5-17(6-2,7-3)13-14(4)19-16(18)15-11-9-8-10-12-15;1-6-9-11-15(8-3,10-7-2)12-13(4)17-14(5)16;1-11(10-14(2,3)4)16-13(15)12-8-6-5-7-9-12;1-6-9-14(8-3,10-7-2)11-12(4)16-13(5)15;1-6-12(7-2,8-3)9-10(4)14-11(5)13;1-7(11-8(2)10)6-9(3,4)5/h9-13,17H,5-8,14-16H2,1-4H3;8-12,16H,5-7,13-15H2,1-4H3;8-12,14H,5-7,13H2,1-4H3;13H,6-12H2,1-5H3;5-9,11H,10H2,1-4H3;12H,6-11H2,1-5H3;10H,6-9H2,1-5H3;7H,6H2,1-5H3/q8*+1.